The third-order valence-corrected chi connectivity index (χ3v) is 5.42. The summed E-state index contributed by atoms with van der Waals surface area (Å²) in [5.74, 6) is -1.00. The second kappa shape index (κ2) is 9.50. The van der Waals surface area contributed by atoms with Gasteiger partial charge in [-0.15, -0.1) is 11.6 Å². The number of esters is 1. The molecule has 0 spiro atoms. The van der Waals surface area contributed by atoms with Crippen LogP contribution in [0, 0.1) is 0 Å². The van der Waals surface area contributed by atoms with Crippen LogP contribution in [0.4, 0.5) is 0 Å². The largest absolute Gasteiger partial charge is 0.462 e. The van der Waals surface area contributed by atoms with E-state index in [1.807, 2.05) is 0 Å². The first-order chi connectivity index (χ1) is 9.30. The number of hydrogen-bond donors (Lipinski definition) is 0. The Morgan fingerprint density at radius 2 is 1.65 bits per heavy atom. The summed E-state index contributed by atoms with van der Waals surface area (Å²) in [4.78, 5) is 22.9. The number of carbonyl (C=O) groups excluding carboxylic acids is 2. The molecule has 0 saturated carbocycles. The van der Waals surface area contributed by atoms with Crippen LogP contribution in [0.5, 0.6) is 0 Å². The minimum absolute atomic E-state index is 0.117. The van der Waals surface area contributed by atoms with Gasteiger partial charge in [0.15, 0.2) is 10.9 Å². The van der Waals surface area contributed by atoms with Crippen molar-refractivity contribution in [3.63, 3.8) is 0 Å². The molecule has 0 aliphatic rings. The lowest BCUT2D eigenvalue weighted by Crippen LogP contribution is -2.25. The maximum absolute atomic E-state index is 12.3. The van der Waals surface area contributed by atoms with Gasteiger partial charge in [0.25, 0.3) is 0 Å². The Bertz CT molecular complexity index is 363. The van der Waals surface area contributed by atoms with E-state index in [0.717, 1.165) is 0 Å². The van der Waals surface area contributed by atoms with E-state index in [9.17, 15) is 14.2 Å². The molecule has 0 aliphatic carbocycles. The van der Waals surface area contributed by atoms with Crippen LogP contribution in [0.25, 0.3) is 0 Å². The summed E-state index contributed by atoms with van der Waals surface area (Å²) in [5, 5.41) is -1.40. The van der Waals surface area contributed by atoms with Crippen molar-refractivity contribution in [2.45, 2.75) is 51.8 Å². The summed E-state index contributed by atoms with van der Waals surface area (Å²) < 4.78 is 27.3. The fourth-order valence-electron chi connectivity index (χ4n) is 1.53. The van der Waals surface area contributed by atoms with E-state index >= 15 is 0 Å². The number of rotatable bonds is 10. The second-order valence-electron chi connectivity index (χ2n) is 4.02. The van der Waals surface area contributed by atoms with Gasteiger partial charge in [-0.1, -0.05) is 6.92 Å². The number of ether oxygens (including phenoxy) is 1. The van der Waals surface area contributed by atoms with Gasteiger partial charge in [-0.2, -0.15) is 0 Å². The first-order valence-electron chi connectivity index (χ1n) is 6.53. The summed E-state index contributed by atoms with van der Waals surface area (Å²) in [6.07, 6.45) is -0.241. The van der Waals surface area contributed by atoms with Gasteiger partial charge in [0.1, 0.15) is 6.10 Å². The van der Waals surface area contributed by atoms with Crippen molar-refractivity contribution in [1.82, 2.24) is 0 Å². The Morgan fingerprint density at radius 1 is 1.15 bits per heavy atom. The molecular weight excluding hydrogens is 307 g/mol. The Labute approximate surface area is 124 Å². The molecule has 6 nitrogen and oxygen atoms in total. The van der Waals surface area contributed by atoms with Crippen molar-refractivity contribution in [1.29, 1.82) is 0 Å². The van der Waals surface area contributed by atoms with E-state index in [2.05, 4.69) is 0 Å². The van der Waals surface area contributed by atoms with Crippen molar-refractivity contribution in [3.05, 3.63) is 0 Å². The number of halogens is 1. The molecule has 0 rings (SSSR count). The van der Waals surface area contributed by atoms with Gasteiger partial charge in [0.05, 0.1) is 13.2 Å². The van der Waals surface area contributed by atoms with E-state index in [1.54, 1.807) is 20.8 Å². The zero-order valence-electron chi connectivity index (χ0n) is 12.3. The van der Waals surface area contributed by atoms with Gasteiger partial charge in [0, 0.05) is 13.3 Å². The van der Waals surface area contributed by atoms with E-state index < -0.39 is 30.6 Å². The highest BCUT2D eigenvalue weighted by atomic mass is 35.5. The lowest BCUT2D eigenvalue weighted by atomic mass is 10.1. The standard InChI is InChI=1S/C12H22ClO6P/c1-5-10(19-9(4)14)8-11(15)12(13)20(16,17-6-2)18-7-3/h10,12H,5-8H2,1-4H3/t10-,12?/m1/s1. The smallest absolute Gasteiger partial charge is 0.355 e. The van der Waals surface area contributed by atoms with Crippen LogP contribution in [0.15, 0.2) is 0 Å². The van der Waals surface area contributed by atoms with Crippen LogP contribution in [0.2, 0.25) is 0 Å². The van der Waals surface area contributed by atoms with Crippen LogP contribution in [-0.4, -0.2) is 36.2 Å². The van der Waals surface area contributed by atoms with Crippen molar-refractivity contribution in [2.75, 3.05) is 13.2 Å². The quantitative estimate of drug-likeness (QED) is 0.348. The third kappa shape index (κ3) is 6.35. The minimum atomic E-state index is -3.69. The van der Waals surface area contributed by atoms with Crippen LogP contribution in [0.3, 0.4) is 0 Å². The van der Waals surface area contributed by atoms with Crippen molar-refractivity contribution in [2.24, 2.45) is 0 Å². The summed E-state index contributed by atoms with van der Waals surface area (Å²) in [6, 6.07) is 0. The molecule has 0 bridgehead atoms. The number of Topliss-reactive ketones (excluding diaryl/α,β-unsaturated/α-hetero) is 1. The molecule has 8 heteroatoms. The van der Waals surface area contributed by atoms with Crippen LogP contribution in [-0.2, 0) is 27.9 Å². The van der Waals surface area contributed by atoms with Gasteiger partial charge in [-0.05, 0) is 20.3 Å². The van der Waals surface area contributed by atoms with Crippen molar-refractivity contribution >= 4 is 30.9 Å². The molecule has 1 unspecified atom stereocenters. The average molecular weight is 329 g/mol. The SMILES string of the molecule is CCOP(=O)(OCC)C(Cl)C(=O)C[C@@H](CC)OC(C)=O. The molecular formula is C12H22ClO6P. The molecule has 2 atom stereocenters. The monoisotopic (exact) mass is 328 g/mol. The molecule has 0 aliphatic heterocycles. The molecule has 0 aromatic carbocycles. The number of ketones is 1. The molecule has 118 valence electrons. The molecule has 0 aromatic rings. The average Bonchev–Trinajstić information content (AvgIpc) is 2.36. The highest BCUT2D eigenvalue weighted by molar-refractivity contribution is 7.57. The summed E-state index contributed by atoms with van der Waals surface area (Å²) in [7, 11) is -3.69. The Kier molecular flexibility index (Phi) is 9.30. The summed E-state index contributed by atoms with van der Waals surface area (Å²) >= 11 is 5.93. The Balaban J connectivity index is 4.80. The van der Waals surface area contributed by atoms with Gasteiger partial charge in [-0.3, -0.25) is 14.2 Å². The number of carbonyl (C=O) groups is 2. The normalized spacial score (nSPS) is 14.7. The molecule has 0 aromatic heterocycles. The highest BCUT2D eigenvalue weighted by Gasteiger charge is 2.40. The lowest BCUT2D eigenvalue weighted by molar-refractivity contribution is -0.147. The molecule has 0 fully saturated rings. The highest BCUT2D eigenvalue weighted by Crippen LogP contribution is 2.55. The summed E-state index contributed by atoms with van der Waals surface area (Å²) in [5.41, 5.74) is 0. The van der Waals surface area contributed by atoms with E-state index in [4.69, 9.17) is 25.4 Å². The second-order valence-corrected chi connectivity index (χ2v) is 6.87. The lowest BCUT2D eigenvalue weighted by Gasteiger charge is -2.22. The fraction of sp³-hybridized carbons (Fsp3) is 0.833. The molecule has 0 N–H and O–H groups in total. The predicted molar refractivity (Wildman–Crippen MR) is 76.0 cm³/mol. The van der Waals surface area contributed by atoms with Crippen LogP contribution in [0.1, 0.15) is 40.5 Å². The maximum atomic E-state index is 12.3. The number of alkyl halides is 1. The molecule has 0 heterocycles. The van der Waals surface area contributed by atoms with Gasteiger partial charge in [0.2, 0.25) is 0 Å². The van der Waals surface area contributed by atoms with Gasteiger partial charge < -0.3 is 13.8 Å². The maximum Gasteiger partial charge on any atom is 0.355 e. The Hall–Kier alpha value is -0.420. The first kappa shape index (κ1) is 19.6. The summed E-state index contributed by atoms with van der Waals surface area (Å²) in [6.45, 7) is 6.54. The molecule has 0 amide bonds. The Morgan fingerprint density at radius 3 is 2.00 bits per heavy atom. The fourth-order valence-corrected chi connectivity index (χ4v) is 3.47. The molecule has 20 heavy (non-hydrogen) atoms. The molecule has 0 radical (unpaired) electrons. The van der Waals surface area contributed by atoms with E-state index in [-0.39, 0.29) is 19.6 Å². The van der Waals surface area contributed by atoms with E-state index in [1.165, 1.54) is 6.92 Å². The predicted octanol–water partition coefficient (Wildman–Crippen LogP) is 3.12. The molecule has 0 saturated heterocycles. The van der Waals surface area contributed by atoms with E-state index in [0.29, 0.717) is 6.42 Å². The first-order valence-corrected chi connectivity index (χ1v) is 8.58. The third-order valence-electron chi connectivity index (χ3n) is 2.38. The van der Waals surface area contributed by atoms with Crippen LogP contribution >= 0.6 is 19.2 Å². The zero-order valence-corrected chi connectivity index (χ0v) is 13.9. The van der Waals surface area contributed by atoms with Gasteiger partial charge >= 0.3 is 13.6 Å². The van der Waals surface area contributed by atoms with Crippen molar-refractivity contribution in [3.8, 4) is 0 Å². The van der Waals surface area contributed by atoms with Gasteiger partial charge in [-0.25, -0.2) is 0 Å². The van der Waals surface area contributed by atoms with Crippen molar-refractivity contribution < 1.29 is 27.9 Å². The zero-order chi connectivity index (χ0) is 15.8. The minimum Gasteiger partial charge on any atom is -0.462 e. The topological polar surface area (TPSA) is 78.9 Å². The number of hydrogen-bond acceptors (Lipinski definition) is 6. The van der Waals surface area contributed by atoms with Crippen LogP contribution < -0.4 is 0 Å².